The topological polar surface area (TPSA) is 70.1 Å². The van der Waals surface area contributed by atoms with Crippen molar-refractivity contribution in [1.82, 2.24) is 9.78 Å². The number of hydrogen-bond acceptors (Lipinski definition) is 4. The minimum Gasteiger partial charge on any atom is -0.456 e. The van der Waals surface area contributed by atoms with E-state index in [0.717, 1.165) is 23.4 Å². The molecule has 0 radical (unpaired) electrons. The minimum absolute atomic E-state index is 0.205. The van der Waals surface area contributed by atoms with Gasteiger partial charge in [0.25, 0.3) is 0 Å². The van der Waals surface area contributed by atoms with Crippen molar-refractivity contribution in [2.45, 2.75) is 26.9 Å². The number of ether oxygens (including phenoxy) is 1. The number of carbonyl (C=O) groups excluding carboxylic acids is 1. The molecule has 5 heteroatoms. The molecule has 0 bridgehead atoms. The van der Waals surface area contributed by atoms with Crippen LogP contribution in [0.25, 0.3) is 0 Å². The maximum atomic E-state index is 12.1. The number of benzene rings is 1. The summed E-state index contributed by atoms with van der Waals surface area (Å²) in [5.74, 6) is -0.367. The summed E-state index contributed by atoms with van der Waals surface area (Å²) >= 11 is 0. The van der Waals surface area contributed by atoms with E-state index in [0.29, 0.717) is 11.3 Å². The zero-order valence-corrected chi connectivity index (χ0v) is 12.0. The van der Waals surface area contributed by atoms with Crippen molar-refractivity contribution in [2.75, 3.05) is 5.73 Å². The molecule has 0 aliphatic carbocycles. The third kappa shape index (κ3) is 2.99. The van der Waals surface area contributed by atoms with E-state index in [2.05, 4.69) is 5.10 Å². The maximum Gasteiger partial charge on any atom is 0.338 e. The van der Waals surface area contributed by atoms with Gasteiger partial charge in [0.05, 0.1) is 17.0 Å². The summed E-state index contributed by atoms with van der Waals surface area (Å²) in [6.45, 7) is 4.10. The van der Waals surface area contributed by atoms with E-state index in [4.69, 9.17) is 10.5 Å². The highest BCUT2D eigenvalue weighted by Crippen LogP contribution is 2.15. The van der Waals surface area contributed by atoms with Crippen molar-refractivity contribution in [1.29, 1.82) is 0 Å². The van der Waals surface area contributed by atoms with Crippen LogP contribution in [0.2, 0.25) is 0 Å². The lowest BCUT2D eigenvalue weighted by molar-refractivity contribution is 0.0462. The third-order valence-corrected chi connectivity index (χ3v) is 3.22. The van der Waals surface area contributed by atoms with Crippen LogP contribution in [0.1, 0.15) is 34.2 Å². The second kappa shape index (κ2) is 5.77. The Balaban J connectivity index is 2.08. The number of aromatic nitrogens is 2. The normalized spacial score (nSPS) is 10.6. The standard InChI is InChI=1S/C15H19N3O2/c1-4-12-8-13(18(3)17-12)9-20-15(19)14-7-11(16)6-5-10(14)2/h5-8H,4,9,16H2,1-3H3. The van der Waals surface area contributed by atoms with Gasteiger partial charge in [-0.05, 0) is 37.1 Å². The first kappa shape index (κ1) is 14.1. The van der Waals surface area contributed by atoms with Crippen LogP contribution >= 0.6 is 0 Å². The molecule has 0 spiro atoms. The van der Waals surface area contributed by atoms with Gasteiger partial charge in [0, 0.05) is 12.7 Å². The number of anilines is 1. The van der Waals surface area contributed by atoms with Crippen molar-refractivity contribution in [3.63, 3.8) is 0 Å². The molecule has 5 nitrogen and oxygen atoms in total. The Morgan fingerprint density at radius 1 is 1.40 bits per heavy atom. The highest BCUT2D eigenvalue weighted by Gasteiger charge is 2.12. The highest BCUT2D eigenvalue weighted by molar-refractivity contribution is 5.92. The van der Waals surface area contributed by atoms with Crippen molar-refractivity contribution >= 4 is 11.7 Å². The number of esters is 1. The van der Waals surface area contributed by atoms with Crippen molar-refractivity contribution < 1.29 is 9.53 Å². The van der Waals surface area contributed by atoms with E-state index in [1.807, 2.05) is 33.0 Å². The molecule has 20 heavy (non-hydrogen) atoms. The second-order valence-electron chi connectivity index (χ2n) is 4.75. The molecular formula is C15H19N3O2. The van der Waals surface area contributed by atoms with Crippen LogP contribution in [0.5, 0.6) is 0 Å². The van der Waals surface area contributed by atoms with Gasteiger partial charge in [-0.2, -0.15) is 5.10 Å². The average Bonchev–Trinajstić information content (AvgIpc) is 2.79. The van der Waals surface area contributed by atoms with Gasteiger partial charge in [0.1, 0.15) is 6.61 Å². The fourth-order valence-electron chi connectivity index (χ4n) is 1.96. The van der Waals surface area contributed by atoms with E-state index in [1.165, 1.54) is 0 Å². The zero-order chi connectivity index (χ0) is 14.7. The monoisotopic (exact) mass is 273 g/mol. The first-order valence-corrected chi connectivity index (χ1v) is 6.56. The molecule has 1 aromatic heterocycles. The van der Waals surface area contributed by atoms with Crippen molar-refractivity contribution in [2.24, 2.45) is 7.05 Å². The highest BCUT2D eigenvalue weighted by atomic mass is 16.5. The second-order valence-corrected chi connectivity index (χ2v) is 4.75. The van der Waals surface area contributed by atoms with Crippen LogP contribution in [0.3, 0.4) is 0 Å². The zero-order valence-electron chi connectivity index (χ0n) is 12.0. The first-order valence-electron chi connectivity index (χ1n) is 6.56. The molecule has 0 aliphatic rings. The van der Waals surface area contributed by atoms with Crippen molar-refractivity contribution in [3.05, 3.63) is 46.8 Å². The Kier molecular flexibility index (Phi) is 4.08. The van der Waals surface area contributed by atoms with E-state index in [9.17, 15) is 4.79 Å². The Hall–Kier alpha value is -2.30. The Labute approximate surface area is 118 Å². The van der Waals surface area contributed by atoms with Gasteiger partial charge in [-0.3, -0.25) is 4.68 Å². The van der Waals surface area contributed by atoms with Gasteiger partial charge in [-0.25, -0.2) is 4.79 Å². The van der Waals surface area contributed by atoms with Gasteiger partial charge in [-0.15, -0.1) is 0 Å². The molecule has 0 saturated carbocycles. The van der Waals surface area contributed by atoms with E-state index < -0.39 is 0 Å². The van der Waals surface area contributed by atoms with Crippen LogP contribution in [-0.2, 0) is 24.8 Å². The minimum atomic E-state index is -0.367. The molecule has 2 N–H and O–H groups in total. The predicted molar refractivity (Wildman–Crippen MR) is 77.3 cm³/mol. The molecule has 0 amide bonds. The van der Waals surface area contributed by atoms with Gasteiger partial charge in [0.2, 0.25) is 0 Å². The smallest absolute Gasteiger partial charge is 0.338 e. The number of nitrogens with two attached hydrogens (primary N) is 1. The molecule has 106 valence electrons. The summed E-state index contributed by atoms with van der Waals surface area (Å²) < 4.78 is 7.07. The van der Waals surface area contributed by atoms with Gasteiger partial charge < -0.3 is 10.5 Å². The van der Waals surface area contributed by atoms with Crippen LogP contribution in [0.15, 0.2) is 24.3 Å². The quantitative estimate of drug-likeness (QED) is 0.685. The average molecular weight is 273 g/mol. The van der Waals surface area contributed by atoms with Crippen molar-refractivity contribution in [3.8, 4) is 0 Å². The molecule has 0 atom stereocenters. The first-order chi connectivity index (χ1) is 9.51. The van der Waals surface area contributed by atoms with Gasteiger partial charge >= 0.3 is 5.97 Å². The van der Waals surface area contributed by atoms with E-state index in [-0.39, 0.29) is 12.6 Å². The van der Waals surface area contributed by atoms with E-state index >= 15 is 0 Å². The Bertz CT molecular complexity index is 632. The number of rotatable bonds is 4. The van der Waals surface area contributed by atoms with E-state index in [1.54, 1.807) is 16.8 Å². The molecule has 0 fully saturated rings. The van der Waals surface area contributed by atoms with Crippen LogP contribution in [0, 0.1) is 6.92 Å². The molecule has 0 saturated heterocycles. The molecular weight excluding hydrogens is 254 g/mol. The van der Waals surface area contributed by atoms with Crippen LogP contribution in [0.4, 0.5) is 5.69 Å². The maximum absolute atomic E-state index is 12.1. The number of carbonyl (C=O) groups is 1. The molecule has 1 heterocycles. The predicted octanol–water partition coefficient (Wildman–Crippen LogP) is 2.23. The summed E-state index contributed by atoms with van der Waals surface area (Å²) in [6, 6.07) is 7.16. The Morgan fingerprint density at radius 3 is 2.80 bits per heavy atom. The largest absolute Gasteiger partial charge is 0.456 e. The number of aryl methyl sites for hydroxylation is 3. The fourth-order valence-corrected chi connectivity index (χ4v) is 1.96. The summed E-state index contributed by atoms with van der Waals surface area (Å²) in [5, 5.41) is 4.32. The number of nitrogens with zero attached hydrogens (tertiary/aromatic N) is 2. The lowest BCUT2D eigenvalue weighted by Crippen LogP contribution is -2.09. The Morgan fingerprint density at radius 2 is 2.15 bits per heavy atom. The summed E-state index contributed by atoms with van der Waals surface area (Å²) in [7, 11) is 1.84. The molecule has 1 aromatic carbocycles. The van der Waals surface area contributed by atoms with Gasteiger partial charge in [0.15, 0.2) is 0 Å². The summed E-state index contributed by atoms with van der Waals surface area (Å²) in [6.07, 6.45) is 0.857. The number of nitrogen functional groups attached to an aromatic ring is 1. The molecule has 2 rings (SSSR count). The fraction of sp³-hybridized carbons (Fsp3) is 0.333. The molecule has 0 aliphatic heterocycles. The van der Waals surface area contributed by atoms with Gasteiger partial charge in [-0.1, -0.05) is 13.0 Å². The summed E-state index contributed by atoms with van der Waals surface area (Å²) in [4.78, 5) is 12.1. The third-order valence-electron chi connectivity index (χ3n) is 3.22. The lowest BCUT2D eigenvalue weighted by Gasteiger charge is -2.08. The SMILES string of the molecule is CCc1cc(COC(=O)c2cc(N)ccc2C)n(C)n1. The summed E-state index contributed by atoms with van der Waals surface area (Å²) in [5.41, 5.74) is 9.46. The lowest BCUT2D eigenvalue weighted by atomic mass is 10.1. The molecule has 2 aromatic rings. The molecule has 0 unspecified atom stereocenters. The van der Waals surface area contributed by atoms with Crippen LogP contribution in [-0.4, -0.2) is 15.7 Å². The number of hydrogen-bond donors (Lipinski definition) is 1. The van der Waals surface area contributed by atoms with Crippen LogP contribution < -0.4 is 5.73 Å².